The molecular formula is C12H15O7S2-. The Morgan fingerprint density at radius 2 is 1.86 bits per heavy atom. The lowest BCUT2D eigenvalue weighted by Crippen LogP contribution is -2.20. The fourth-order valence-electron chi connectivity index (χ4n) is 1.35. The van der Waals surface area contributed by atoms with Crippen molar-refractivity contribution in [1.82, 2.24) is 0 Å². The number of hydrogen-bond acceptors (Lipinski definition) is 7. The van der Waals surface area contributed by atoms with E-state index >= 15 is 0 Å². The Morgan fingerprint density at radius 3 is 2.48 bits per heavy atom. The maximum Gasteiger partial charge on any atom is 0.339 e. The van der Waals surface area contributed by atoms with Gasteiger partial charge < -0.3 is 9.29 Å². The topological polar surface area (TPSA) is 110 Å². The van der Waals surface area contributed by atoms with Crippen LogP contribution in [-0.2, 0) is 30.2 Å². The fraction of sp³-hybridized carbons (Fsp3) is 0.417. The zero-order valence-electron chi connectivity index (χ0n) is 11.1. The first kappa shape index (κ1) is 17.8. The van der Waals surface area contributed by atoms with Gasteiger partial charge in [-0.25, -0.2) is 4.79 Å². The van der Waals surface area contributed by atoms with Crippen molar-refractivity contribution >= 4 is 27.2 Å². The highest BCUT2D eigenvalue weighted by Crippen LogP contribution is 2.09. The number of ether oxygens (including phenoxy) is 1. The molecule has 0 N–H and O–H groups in total. The second-order valence-corrected chi connectivity index (χ2v) is 6.80. The molecule has 0 amide bonds. The Balaban J connectivity index is 2.29. The van der Waals surface area contributed by atoms with Crippen LogP contribution in [0.1, 0.15) is 12.8 Å². The Kier molecular flexibility index (Phi) is 7.51. The molecule has 0 fully saturated rings. The summed E-state index contributed by atoms with van der Waals surface area (Å²) >= 11 is -2.19. The number of carbonyl (C=O) groups is 1. The molecule has 0 saturated carbocycles. The molecule has 1 rings (SSSR count). The van der Waals surface area contributed by atoms with Crippen molar-refractivity contribution in [2.45, 2.75) is 12.8 Å². The predicted molar refractivity (Wildman–Crippen MR) is 74.8 cm³/mol. The third-order valence-corrected chi connectivity index (χ3v) is 4.17. The summed E-state index contributed by atoms with van der Waals surface area (Å²) in [4.78, 5) is 11.4. The normalized spacial score (nSPS) is 12.8. The van der Waals surface area contributed by atoms with Gasteiger partial charge in [-0.15, -0.1) is 0 Å². The zero-order valence-corrected chi connectivity index (χ0v) is 12.7. The lowest BCUT2D eigenvalue weighted by molar-refractivity contribution is -0.136. The molecule has 0 bridgehead atoms. The van der Waals surface area contributed by atoms with Crippen molar-refractivity contribution < 1.29 is 30.9 Å². The molecule has 0 aromatic heterocycles. The van der Waals surface area contributed by atoms with Crippen molar-refractivity contribution in [3.63, 3.8) is 0 Å². The average Bonchev–Trinajstić information content (AvgIpc) is 2.43. The monoisotopic (exact) mass is 335 g/mol. The molecule has 0 spiro atoms. The minimum Gasteiger partial charge on any atom is -0.772 e. The van der Waals surface area contributed by atoms with Crippen molar-refractivity contribution in [3.8, 4) is 5.75 Å². The lowest BCUT2D eigenvalue weighted by atomic mass is 10.3. The third-order valence-electron chi connectivity index (χ3n) is 2.29. The van der Waals surface area contributed by atoms with Crippen LogP contribution in [-0.4, -0.2) is 41.3 Å². The van der Waals surface area contributed by atoms with Crippen LogP contribution in [0.25, 0.3) is 0 Å². The Morgan fingerprint density at radius 1 is 1.19 bits per heavy atom. The van der Waals surface area contributed by atoms with E-state index in [9.17, 15) is 22.0 Å². The molecule has 0 radical (unpaired) electrons. The molecule has 0 aliphatic heterocycles. The van der Waals surface area contributed by atoms with Crippen LogP contribution in [0.5, 0.6) is 5.75 Å². The van der Waals surface area contributed by atoms with Gasteiger partial charge in [-0.2, -0.15) is 8.42 Å². The number of benzene rings is 1. The summed E-state index contributed by atoms with van der Waals surface area (Å²) < 4.78 is 52.8. The van der Waals surface area contributed by atoms with Gasteiger partial charge >= 0.3 is 5.97 Å². The minimum absolute atomic E-state index is 0.106. The van der Waals surface area contributed by atoms with Gasteiger partial charge in [0.15, 0.2) is 6.61 Å². The van der Waals surface area contributed by atoms with Crippen LogP contribution in [0.2, 0.25) is 0 Å². The smallest absolute Gasteiger partial charge is 0.339 e. The van der Waals surface area contributed by atoms with Gasteiger partial charge in [0.1, 0.15) is 5.75 Å². The molecule has 1 atom stereocenters. The summed E-state index contributed by atoms with van der Waals surface area (Å²) in [6, 6.07) is 8.18. The van der Waals surface area contributed by atoms with E-state index in [1.807, 2.05) is 0 Å². The molecule has 9 heteroatoms. The van der Waals surface area contributed by atoms with E-state index in [0.29, 0.717) is 5.75 Å². The van der Waals surface area contributed by atoms with Crippen molar-refractivity contribution in [2.24, 2.45) is 0 Å². The van der Waals surface area contributed by atoms with Crippen LogP contribution < -0.4 is 4.74 Å². The van der Waals surface area contributed by atoms with Crippen LogP contribution in [0, 0.1) is 0 Å². The minimum atomic E-state index is -3.87. The van der Waals surface area contributed by atoms with Gasteiger partial charge in [-0.3, -0.25) is 8.39 Å². The molecule has 7 nitrogen and oxygen atoms in total. The summed E-state index contributed by atoms with van der Waals surface area (Å²) in [7, 11) is -3.87. The van der Waals surface area contributed by atoms with Crippen LogP contribution >= 0.6 is 0 Å². The first-order chi connectivity index (χ1) is 9.89. The van der Waals surface area contributed by atoms with Crippen LogP contribution in [0.4, 0.5) is 0 Å². The van der Waals surface area contributed by atoms with Crippen molar-refractivity contribution in [3.05, 3.63) is 30.3 Å². The maximum atomic E-state index is 11.4. The molecule has 1 aromatic rings. The number of para-hydroxylation sites is 1. The molecule has 0 aliphatic carbocycles. The lowest BCUT2D eigenvalue weighted by Gasteiger charge is -2.07. The largest absolute Gasteiger partial charge is 0.772 e. The first-order valence-electron chi connectivity index (χ1n) is 6.08. The molecule has 0 saturated heterocycles. The third kappa shape index (κ3) is 8.56. The molecule has 1 unspecified atom stereocenters. The van der Waals surface area contributed by atoms with Gasteiger partial charge in [0.05, 0.1) is 5.75 Å². The summed E-state index contributed by atoms with van der Waals surface area (Å²) in [6.45, 7) is -0.718. The van der Waals surface area contributed by atoms with E-state index in [1.165, 1.54) is 0 Å². The van der Waals surface area contributed by atoms with E-state index in [4.69, 9.17) is 4.74 Å². The molecule has 21 heavy (non-hydrogen) atoms. The summed E-state index contributed by atoms with van der Waals surface area (Å²) in [5, 5.41) is 0. The highest BCUT2D eigenvalue weighted by Gasteiger charge is 2.15. The zero-order chi connectivity index (χ0) is 15.7. The average molecular weight is 335 g/mol. The number of hydrogen-bond donors (Lipinski definition) is 0. The summed E-state index contributed by atoms with van der Waals surface area (Å²) in [5.41, 5.74) is 0. The summed E-state index contributed by atoms with van der Waals surface area (Å²) in [5.74, 6) is -0.985. The SMILES string of the molecule is O=C(COS(=O)(=O)CCCCS(=O)[O-])Oc1ccccc1. The fourth-order valence-corrected chi connectivity index (χ4v) is 2.74. The van der Waals surface area contributed by atoms with Crippen molar-refractivity contribution in [1.29, 1.82) is 0 Å². The van der Waals surface area contributed by atoms with E-state index in [-0.39, 0.29) is 24.3 Å². The highest BCUT2D eigenvalue weighted by molar-refractivity contribution is 7.86. The van der Waals surface area contributed by atoms with E-state index in [2.05, 4.69) is 4.18 Å². The standard InChI is InChI=1S/C12H16O7S2/c13-12(19-11-6-2-1-3-7-11)10-18-21(16,17)9-5-4-8-20(14)15/h1-3,6-7H,4-5,8-10H2,(H,14,15)/p-1. The molecule has 0 aliphatic rings. The van der Waals surface area contributed by atoms with Gasteiger partial charge in [0, 0.05) is 5.75 Å². The van der Waals surface area contributed by atoms with Gasteiger partial charge in [0.25, 0.3) is 10.1 Å². The second-order valence-electron chi connectivity index (χ2n) is 4.03. The van der Waals surface area contributed by atoms with Gasteiger partial charge in [0.2, 0.25) is 0 Å². The number of esters is 1. The van der Waals surface area contributed by atoms with E-state index < -0.39 is 33.8 Å². The van der Waals surface area contributed by atoms with E-state index in [1.54, 1.807) is 30.3 Å². The van der Waals surface area contributed by atoms with Crippen LogP contribution in [0.15, 0.2) is 30.3 Å². The molecule has 0 heterocycles. The maximum absolute atomic E-state index is 11.4. The molecule has 118 valence electrons. The van der Waals surface area contributed by atoms with Crippen molar-refractivity contribution in [2.75, 3.05) is 18.1 Å². The van der Waals surface area contributed by atoms with E-state index in [0.717, 1.165) is 0 Å². The van der Waals surface area contributed by atoms with Crippen LogP contribution in [0.3, 0.4) is 0 Å². The quantitative estimate of drug-likeness (QED) is 0.214. The number of unbranched alkanes of at least 4 members (excludes halogenated alkanes) is 1. The summed E-state index contributed by atoms with van der Waals surface area (Å²) in [6.07, 6.45) is 0.358. The highest BCUT2D eigenvalue weighted by atomic mass is 32.2. The predicted octanol–water partition coefficient (Wildman–Crippen LogP) is 0.598. The van der Waals surface area contributed by atoms with Gasteiger partial charge in [-0.05, 0) is 25.0 Å². The number of rotatable bonds is 9. The Labute approximate surface area is 125 Å². The number of carbonyl (C=O) groups excluding carboxylic acids is 1. The molecule has 1 aromatic carbocycles. The first-order valence-corrected chi connectivity index (χ1v) is 8.90. The second kappa shape index (κ2) is 8.88. The Hall–Kier alpha value is -1.29. The Bertz CT molecular complexity index is 569. The molecular weight excluding hydrogens is 320 g/mol. The van der Waals surface area contributed by atoms with Gasteiger partial charge in [-0.1, -0.05) is 29.3 Å².